The quantitative estimate of drug-likeness (QED) is 0.707. The van der Waals surface area contributed by atoms with E-state index >= 15 is 0 Å². The van der Waals surface area contributed by atoms with Crippen LogP contribution in [0.4, 0.5) is 5.13 Å². The van der Waals surface area contributed by atoms with Gasteiger partial charge in [-0.15, -0.1) is 11.3 Å². The first-order valence-electron chi connectivity index (χ1n) is 8.21. The van der Waals surface area contributed by atoms with E-state index in [1.807, 2.05) is 49.2 Å². The molecule has 6 heteroatoms. The van der Waals surface area contributed by atoms with Crippen LogP contribution < -0.4 is 10.1 Å². The van der Waals surface area contributed by atoms with E-state index in [0.717, 1.165) is 30.8 Å². The monoisotopic (exact) mass is 347 g/mol. The lowest BCUT2D eigenvalue weighted by molar-refractivity contribution is -0.117. The van der Waals surface area contributed by atoms with Gasteiger partial charge in [-0.3, -0.25) is 9.69 Å². The van der Waals surface area contributed by atoms with Crippen molar-refractivity contribution in [1.29, 1.82) is 0 Å². The normalized spacial score (nSPS) is 10.8. The Hall–Kier alpha value is -1.92. The van der Waals surface area contributed by atoms with Crippen molar-refractivity contribution in [2.24, 2.45) is 0 Å². The highest BCUT2D eigenvalue weighted by Gasteiger charge is 2.11. The summed E-state index contributed by atoms with van der Waals surface area (Å²) in [7, 11) is 1.94. The number of nitrogens with one attached hydrogen (secondary N) is 1. The molecular formula is C18H25N3O2S. The average Bonchev–Trinajstić information content (AvgIpc) is 2.91. The number of thiazole rings is 1. The van der Waals surface area contributed by atoms with Crippen LogP contribution >= 0.6 is 11.3 Å². The molecule has 5 nitrogen and oxygen atoms in total. The van der Waals surface area contributed by atoms with E-state index in [0.29, 0.717) is 18.3 Å². The smallest absolute Gasteiger partial charge is 0.240 e. The lowest BCUT2D eigenvalue weighted by atomic mass is 10.3. The molecule has 2 rings (SSSR count). The summed E-state index contributed by atoms with van der Waals surface area (Å²) < 4.78 is 5.65. The van der Waals surface area contributed by atoms with E-state index in [1.165, 1.54) is 16.2 Å². The van der Waals surface area contributed by atoms with Gasteiger partial charge in [-0.1, -0.05) is 25.1 Å². The van der Waals surface area contributed by atoms with Gasteiger partial charge in [0.05, 0.1) is 18.8 Å². The topological polar surface area (TPSA) is 54.5 Å². The van der Waals surface area contributed by atoms with Crippen LogP contribution in [0.3, 0.4) is 0 Å². The van der Waals surface area contributed by atoms with Crippen LogP contribution in [0.1, 0.15) is 23.9 Å². The zero-order valence-corrected chi connectivity index (χ0v) is 15.4. The lowest BCUT2D eigenvalue weighted by Gasteiger charge is -2.15. The number of rotatable bonds is 9. The predicted molar refractivity (Wildman–Crippen MR) is 98.9 cm³/mol. The SMILES string of the molecule is CCc1nc(NC(=O)CN(C)CCCOc2ccccc2)sc1C. The minimum absolute atomic E-state index is 0.0297. The molecule has 130 valence electrons. The number of hydrogen-bond acceptors (Lipinski definition) is 5. The lowest BCUT2D eigenvalue weighted by Crippen LogP contribution is -2.31. The van der Waals surface area contributed by atoms with Gasteiger partial charge in [0.2, 0.25) is 5.91 Å². The predicted octanol–water partition coefficient (Wildman–Crippen LogP) is 3.35. The Labute approximate surface area is 147 Å². The molecule has 0 unspecified atom stereocenters. The highest BCUT2D eigenvalue weighted by molar-refractivity contribution is 7.15. The fourth-order valence-corrected chi connectivity index (χ4v) is 3.25. The number of aryl methyl sites for hydroxylation is 2. The molecule has 2 aromatic rings. The Bertz CT molecular complexity index is 643. The number of amides is 1. The second-order valence-corrected chi connectivity index (χ2v) is 6.88. The highest BCUT2D eigenvalue weighted by atomic mass is 32.1. The molecule has 0 aliphatic rings. The van der Waals surface area contributed by atoms with E-state index in [9.17, 15) is 4.79 Å². The summed E-state index contributed by atoms with van der Waals surface area (Å²) in [6.45, 7) is 5.90. The Morgan fingerprint density at radius 2 is 2.08 bits per heavy atom. The first-order chi connectivity index (χ1) is 11.6. The fraction of sp³-hybridized carbons (Fsp3) is 0.444. The van der Waals surface area contributed by atoms with Crippen molar-refractivity contribution in [2.45, 2.75) is 26.7 Å². The number of likely N-dealkylation sites (N-methyl/N-ethyl adjacent to an activating group) is 1. The molecule has 0 atom stereocenters. The number of hydrogen-bond donors (Lipinski definition) is 1. The molecule has 1 amide bonds. The van der Waals surface area contributed by atoms with Gasteiger partial charge in [-0.2, -0.15) is 0 Å². The summed E-state index contributed by atoms with van der Waals surface area (Å²) in [6, 6.07) is 9.76. The molecule has 1 aromatic carbocycles. The Balaban J connectivity index is 1.65. The summed E-state index contributed by atoms with van der Waals surface area (Å²) in [4.78, 5) is 19.7. The number of benzene rings is 1. The van der Waals surface area contributed by atoms with Gasteiger partial charge in [0.1, 0.15) is 5.75 Å². The molecule has 24 heavy (non-hydrogen) atoms. The maximum Gasteiger partial charge on any atom is 0.240 e. The van der Waals surface area contributed by atoms with Crippen molar-refractivity contribution in [3.8, 4) is 5.75 Å². The zero-order valence-electron chi connectivity index (χ0n) is 14.5. The van der Waals surface area contributed by atoms with Crippen LogP contribution in [0, 0.1) is 6.92 Å². The molecular weight excluding hydrogens is 322 g/mol. The van der Waals surface area contributed by atoms with Crippen molar-refractivity contribution >= 4 is 22.4 Å². The van der Waals surface area contributed by atoms with E-state index in [-0.39, 0.29) is 5.91 Å². The van der Waals surface area contributed by atoms with Crippen LogP contribution in [0.5, 0.6) is 5.75 Å². The summed E-state index contributed by atoms with van der Waals surface area (Å²) >= 11 is 1.53. The van der Waals surface area contributed by atoms with Gasteiger partial charge in [0.25, 0.3) is 0 Å². The minimum Gasteiger partial charge on any atom is -0.494 e. The van der Waals surface area contributed by atoms with E-state index in [1.54, 1.807) is 0 Å². The second-order valence-electron chi connectivity index (χ2n) is 5.68. The summed E-state index contributed by atoms with van der Waals surface area (Å²) in [6.07, 6.45) is 1.76. The van der Waals surface area contributed by atoms with Crippen molar-refractivity contribution in [3.05, 3.63) is 40.9 Å². The largest absolute Gasteiger partial charge is 0.494 e. The van der Waals surface area contributed by atoms with Crippen LogP contribution in [0.2, 0.25) is 0 Å². The molecule has 0 aliphatic heterocycles. The number of anilines is 1. The average molecular weight is 347 g/mol. The number of para-hydroxylation sites is 1. The standard InChI is InChI=1S/C18H25N3O2S/c1-4-16-14(2)24-18(19-16)20-17(22)13-21(3)11-8-12-23-15-9-6-5-7-10-15/h5-7,9-10H,4,8,11-13H2,1-3H3,(H,19,20,22). The van der Waals surface area contributed by atoms with Gasteiger partial charge in [0, 0.05) is 11.4 Å². The maximum atomic E-state index is 12.1. The van der Waals surface area contributed by atoms with Crippen molar-refractivity contribution in [1.82, 2.24) is 9.88 Å². The molecule has 0 radical (unpaired) electrons. The molecule has 0 aliphatic carbocycles. The van der Waals surface area contributed by atoms with E-state index in [4.69, 9.17) is 4.74 Å². The summed E-state index contributed by atoms with van der Waals surface area (Å²) in [5, 5.41) is 3.57. The molecule has 1 aromatic heterocycles. The van der Waals surface area contributed by atoms with Crippen molar-refractivity contribution in [3.63, 3.8) is 0 Å². The Morgan fingerprint density at radius 1 is 1.33 bits per heavy atom. The van der Waals surface area contributed by atoms with Gasteiger partial charge in [-0.25, -0.2) is 4.98 Å². The number of carbonyl (C=O) groups excluding carboxylic acids is 1. The molecule has 0 bridgehead atoms. The van der Waals surface area contributed by atoms with Gasteiger partial charge in [0.15, 0.2) is 5.13 Å². The first-order valence-corrected chi connectivity index (χ1v) is 9.02. The van der Waals surface area contributed by atoms with Crippen LogP contribution in [-0.2, 0) is 11.2 Å². The van der Waals surface area contributed by atoms with Crippen molar-refractivity contribution in [2.75, 3.05) is 32.1 Å². The number of aromatic nitrogens is 1. The van der Waals surface area contributed by atoms with Crippen LogP contribution in [0.15, 0.2) is 30.3 Å². The number of nitrogens with zero attached hydrogens (tertiary/aromatic N) is 2. The third-order valence-electron chi connectivity index (χ3n) is 3.58. The maximum absolute atomic E-state index is 12.1. The molecule has 0 spiro atoms. The summed E-state index contributed by atoms with van der Waals surface area (Å²) in [5.74, 6) is 0.849. The number of carbonyl (C=O) groups is 1. The summed E-state index contributed by atoms with van der Waals surface area (Å²) in [5.41, 5.74) is 1.06. The van der Waals surface area contributed by atoms with Gasteiger partial charge < -0.3 is 10.1 Å². The third kappa shape index (κ3) is 5.94. The molecule has 0 fully saturated rings. The number of ether oxygens (including phenoxy) is 1. The molecule has 1 heterocycles. The fourth-order valence-electron chi connectivity index (χ4n) is 2.33. The van der Waals surface area contributed by atoms with Crippen molar-refractivity contribution < 1.29 is 9.53 Å². The van der Waals surface area contributed by atoms with Crippen LogP contribution in [-0.4, -0.2) is 42.5 Å². The molecule has 1 N–H and O–H groups in total. The van der Waals surface area contributed by atoms with Gasteiger partial charge >= 0.3 is 0 Å². The highest BCUT2D eigenvalue weighted by Crippen LogP contribution is 2.22. The van der Waals surface area contributed by atoms with Crippen LogP contribution in [0.25, 0.3) is 0 Å². The molecule has 0 saturated carbocycles. The Morgan fingerprint density at radius 3 is 2.75 bits per heavy atom. The van der Waals surface area contributed by atoms with E-state index < -0.39 is 0 Å². The second kappa shape index (κ2) is 9.39. The Kier molecular flexibility index (Phi) is 7.21. The van der Waals surface area contributed by atoms with E-state index in [2.05, 4.69) is 17.2 Å². The zero-order chi connectivity index (χ0) is 17.4. The van der Waals surface area contributed by atoms with Gasteiger partial charge in [-0.05, 0) is 38.9 Å². The first kappa shape index (κ1) is 18.4. The third-order valence-corrected chi connectivity index (χ3v) is 4.51. The minimum atomic E-state index is -0.0297. The molecule has 0 saturated heterocycles.